The summed E-state index contributed by atoms with van der Waals surface area (Å²) >= 11 is 0. The van der Waals surface area contributed by atoms with Crippen molar-refractivity contribution in [1.29, 1.82) is 0 Å². The number of rotatable bonds is 4. The number of nitrogens with one attached hydrogen (secondary N) is 1. The average Bonchev–Trinajstić information content (AvgIpc) is 3.12. The Balaban J connectivity index is 1.83. The summed E-state index contributed by atoms with van der Waals surface area (Å²) in [7, 11) is 2.02. The molecule has 2 aromatic rings. The smallest absolute Gasteiger partial charge is 0.100 e. The average molecular weight is 256 g/mol. The molecule has 1 heterocycles. The van der Waals surface area contributed by atoms with Crippen molar-refractivity contribution in [3.05, 3.63) is 42.2 Å². The molecule has 1 aromatic carbocycles. The van der Waals surface area contributed by atoms with E-state index in [-0.39, 0.29) is 0 Å². The van der Waals surface area contributed by atoms with Gasteiger partial charge >= 0.3 is 0 Å². The molecule has 4 heteroatoms. The fraction of sp³-hybridized carbons (Fsp3) is 0.467. The van der Waals surface area contributed by atoms with Crippen LogP contribution in [0.5, 0.6) is 0 Å². The first kappa shape index (κ1) is 12.4. The van der Waals surface area contributed by atoms with Gasteiger partial charge in [0.05, 0.1) is 17.9 Å². The molecule has 0 spiro atoms. The van der Waals surface area contributed by atoms with Crippen molar-refractivity contribution >= 4 is 0 Å². The lowest BCUT2D eigenvalue weighted by Gasteiger charge is -2.20. The van der Waals surface area contributed by atoms with Crippen molar-refractivity contribution < 1.29 is 0 Å². The fourth-order valence-corrected chi connectivity index (χ4v) is 3.02. The monoisotopic (exact) mass is 256 g/mol. The molecule has 1 aliphatic carbocycles. The highest BCUT2D eigenvalue weighted by atomic mass is 15.5. The Kier molecular flexibility index (Phi) is 3.60. The van der Waals surface area contributed by atoms with E-state index >= 15 is 0 Å². The lowest BCUT2D eigenvalue weighted by Crippen LogP contribution is -2.24. The Morgan fingerprint density at radius 2 is 1.95 bits per heavy atom. The number of aromatic nitrogens is 3. The molecule has 0 amide bonds. The summed E-state index contributed by atoms with van der Waals surface area (Å²) in [6, 6.07) is 10.4. The Bertz CT molecular complexity index is 514. The van der Waals surface area contributed by atoms with Crippen LogP contribution in [0.15, 0.2) is 36.5 Å². The van der Waals surface area contributed by atoms with Crippen molar-refractivity contribution in [3.63, 3.8) is 0 Å². The molecule has 19 heavy (non-hydrogen) atoms. The van der Waals surface area contributed by atoms with E-state index in [1.165, 1.54) is 25.7 Å². The second-order valence-electron chi connectivity index (χ2n) is 5.21. The van der Waals surface area contributed by atoms with Gasteiger partial charge in [0, 0.05) is 0 Å². The highest BCUT2D eigenvalue weighted by molar-refractivity contribution is 5.28. The van der Waals surface area contributed by atoms with Gasteiger partial charge in [0.25, 0.3) is 0 Å². The molecule has 4 nitrogen and oxygen atoms in total. The van der Waals surface area contributed by atoms with Gasteiger partial charge in [-0.1, -0.05) is 31.0 Å². The van der Waals surface area contributed by atoms with E-state index < -0.39 is 0 Å². The van der Waals surface area contributed by atoms with Crippen LogP contribution in [0.1, 0.15) is 37.4 Å². The maximum atomic E-state index is 4.64. The molecule has 3 rings (SSSR count). The molecular weight excluding hydrogens is 236 g/mol. The van der Waals surface area contributed by atoms with Crippen molar-refractivity contribution in [1.82, 2.24) is 20.3 Å². The summed E-state index contributed by atoms with van der Waals surface area (Å²) in [5.41, 5.74) is 2.06. The summed E-state index contributed by atoms with van der Waals surface area (Å²) in [5.74, 6) is 0.700. The molecule has 1 atom stereocenters. The minimum Gasteiger partial charge on any atom is -0.311 e. The van der Waals surface area contributed by atoms with E-state index in [9.17, 15) is 0 Å². The topological polar surface area (TPSA) is 42.7 Å². The second kappa shape index (κ2) is 5.53. The molecule has 0 bridgehead atoms. The quantitative estimate of drug-likeness (QED) is 0.914. The first-order valence-corrected chi connectivity index (χ1v) is 7.03. The van der Waals surface area contributed by atoms with E-state index in [0.29, 0.717) is 12.0 Å². The molecule has 0 aliphatic heterocycles. The minimum absolute atomic E-state index is 0.333. The third kappa shape index (κ3) is 2.54. The number of hydrogen-bond donors (Lipinski definition) is 1. The van der Waals surface area contributed by atoms with Crippen molar-refractivity contribution in [2.75, 3.05) is 7.05 Å². The van der Waals surface area contributed by atoms with Crippen LogP contribution >= 0.6 is 0 Å². The molecule has 1 fully saturated rings. The first-order valence-electron chi connectivity index (χ1n) is 7.03. The lowest BCUT2D eigenvalue weighted by atomic mass is 9.96. The SMILES string of the molecule is CNC(c1cnn(-c2ccccc2)n1)C1CCCC1. The van der Waals surface area contributed by atoms with Gasteiger partial charge in [-0.2, -0.15) is 15.0 Å². The Hall–Kier alpha value is -1.68. The summed E-state index contributed by atoms with van der Waals surface area (Å²) in [5, 5.41) is 12.4. The molecular formula is C15H20N4. The third-order valence-corrected chi connectivity index (χ3v) is 4.00. The van der Waals surface area contributed by atoms with Gasteiger partial charge < -0.3 is 5.32 Å². The largest absolute Gasteiger partial charge is 0.311 e. The van der Waals surface area contributed by atoms with Crippen molar-refractivity contribution in [2.24, 2.45) is 5.92 Å². The molecule has 1 N–H and O–H groups in total. The van der Waals surface area contributed by atoms with Crippen molar-refractivity contribution in [3.8, 4) is 5.69 Å². The van der Waals surface area contributed by atoms with Crippen LogP contribution in [0.25, 0.3) is 5.69 Å². The second-order valence-corrected chi connectivity index (χ2v) is 5.21. The predicted octanol–water partition coefficient (Wildman–Crippen LogP) is 2.72. The molecule has 0 radical (unpaired) electrons. The molecule has 1 unspecified atom stereocenters. The fourth-order valence-electron chi connectivity index (χ4n) is 3.02. The van der Waals surface area contributed by atoms with E-state index in [2.05, 4.69) is 15.5 Å². The number of hydrogen-bond acceptors (Lipinski definition) is 3. The Labute approximate surface area is 113 Å². The summed E-state index contributed by atoms with van der Waals surface area (Å²) in [4.78, 5) is 1.72. The maximum absolute atomic E-state index is 4.64. The molecule has 1 aliphatic rings. The summed E-state index contributed by atoms with van der Waals surface area (Å²) < 4.78 is 0. The van der Waals surface area contributed by atoms with E-state index in [4.69, 9.17) is 0 Å². The van der Waals surface area contributed by atoms with Crippen LogP contribution in [0.2, 0.25) is 0 Å². The number of para-hydroxylation sites is 1. The summed E-state index contributed by atoms with van der Waals surface area (Å²) in [6.45, 7) is 0. The van der Waals surface area contributed by atoms with Gasteiger partial charge in [0.15, 0.2) is 0 Å². The lowest BCUT2D eigenvalue weighted by molar-refractivity contribution is 0.381. The maximum Gasteiger partial charge on any atom is 0.100 e. The van der Waals surface area contributed by atoms with Crippen LogP contribution in [0.3, 0.4) is 0 Å². The zero-order valence-corrected chi connectivity index (χ0v) is 11.3. The Morgan fingerprint density at radius 3 is 2.63 bits per heavy atom. The number of nitrogens with zero attached hydrogens (tertiary/aromatic N) is 3. The molecule has 0 saturated heterocycles. The predicted molar refractivity (Wildman–Crippen MR) is 75.1 cm³/mol. The van der Waals surface area contributed by atoms with Crippen molar-refractivity contribution in [2.45, 2.75) is 31.7 Å². The van der Waals surface area contributed by atoms with E-state index in [1.807, 2.05) is 43.6 Å². The molecule has 100 valence electrons. The van der Waals surface area contributed by atoms with Crippen LogP contribution in [-0.2, 0) is 0 Å². The van der Waals surface area contributed by atoms with Crippen LogP contribution < -0.4 is 5.32 Å². The molecule has 1 aromatic heterocycles. The van der Waals surface area contributed by atoms with Gasteiger partial charge in [-0.25, -0.2) is 0 Å². The van der Waals surface area contributed by atoms with Gasteiger partial charge in [-0.3, -0.25) is 0 Å². The highest BCUT2D eigenvalue weighted by Crippen LogP contribution is 2.34. The number of benzene rings is 1. The van der Waals surface area contributed by atoms with Gasteiger partial charge in [0.1, 0.15) is 5.69 Å². The zero-order valence-electron chi connectivity index (χ0n) is 11.3. The Morgan fingerprint density at radius 1 is 1.21 bits per heavy atom. The van der Waals surface area contributed by atoms with E-state index in [1.54, 1.807) is 4.80 Å². The van der Waals surface area contributed by atoms with E-state index in [0.717, 1.165) is 11.4 Å². The standard InChI is InChI=1S/C15H20N4/c1-16-15(12-7-5-6-8-12)14-11-17-19(18-14)13-9-3-2-4-10-13/h2-4,9-12,15-16H,5-8H2,1H3. The third-order valence-electron chi connectivity index (χ3n) is 4.00. The van der Waals surface area contributed by atoms with Crippen LogP contribution in [-0.4, -0.2) is 22.0 Å². The van der Waals surface area contributed by atoms with Crippen LogP contribution in [0, 0.1) is 5.92 Å². The van der Waals surface area contributed by atoms with Gasteiger partial charge in [0.2, 0.25) is 0 Å². The van der Waals surface area contributed by atoms with Gasteiger partial charge in [-0.05, 0) is 37.9 Å². The normalized spacial score (nSPS) is 17.7. The highest BCUT2D eigenvalue weighted by Gasteiger charge is 2.27. The van der Waals surface area contributed by atoms with Crippen LogP contribution in [0.4, 0.5) is 0 Å². The zero-order chi connectivity index (χ0) is 13.1. The first-order chi connectivity index (χ1) is 9.38. The minimum atomic E-state index is 0.333. The van der Waals surface area contributed by atoms with Gasteiger partial charge in [-0.15, -0.1) is 0 Å². The molecule has 1 saturated carbocycles. The summed E-state index contributed by atoms with van der Waals surface area (Å²) in [6.07, 6.45) is 7.17.